The molecule has 0 N–H and O–H groups in total. The Kier molecular flexibility index (Phi) is 2.22. The Morgan fingerprint density at radius 1 is 1.55 bits per heavy atom. The van der Waals surface area contributed by atoms with Gasteiger partial charge in [-0.25, -0.2) is 0 Å². The average molecular weight is 161 g/mol. The fourth-order valence-electron chi connectivity index (χ4n) is 1.05. The molecule has 0 saturated carbocycles. The van der Waals surface area contributed by atoms with E-state index in [1.165, 1.54) is 11.8 Å². The number of hydrogen-bond acceptors (Lipinski definition) is 1. The molecule has 0 unspecified atom stereocenters. The van der Waals surface area contributed by atoms with Crippen LogP contribution in [0.15, 0.2) is 12.2 Å². The topological polar surface area (TPSA) is 20.3 Å². The molecule has 0 radical (unpaired) electrons. The molecule has 0 spiro atoms. The highest BCUT2D eigenvalue weighted by atomic mass is 19.3. The van der Waals surface area contributed by atoms with E-state index in [1.54, 1.807) is 0 Å². The molecule has 11 heavy (non-hydrogen) atoms. The van der Waals surface area contributed by atoms with Crippen LogP contribution in [0.4, 0.5) is 8.78 Å². The fraction of sp³-hybridized carbons (Fsp3) is 0.571. The van der Waals surface area contributed by atoms with Crippen LogP contribution in [0.3, 0.4) is 0 Å². The van der Waals surface area contributed by atoms with Gasteiger partial charge in [-0.3, -0.25) is 4.79 Å². The van der Waals surface area contributed by atoms with Crippen LogP contribution in [-0.2, 0) is 4.79 Å². The molecular weight excluding hydrogens is 152 g/mol. The summed E-state index contributed by atoms with van der Waals surface area (Å²) in [6.07, 6.45) is -0.752. The second-order valence-corrected chi connectivity index (χ2v) is 2.64. The van der Waals surface area contributed by atoms with Gasteiger partial charge in [0.05, 0.1) is 0 Å². The zero-order valence-corrected chi connectivity index (χ0v) is 6.18. The van der Waals surface area contributed by atoms with Crippen LogP contribution in [0.1, 0.15) is 6.92 Å². The number of amides is 1. The quantitative estimate of drug-likeness (QED) is 0.566. The molecule has 0 aromatic heterocycles. The van der Waals surface area contributed by atoms with Gasteiger partial charge in [0, 0.05) is 25.9 Å². The molecule has 1 amide bonds. The van der Waals surface area contributed by atoms with Crippen LogP contribution in [0.2, 0.25) is 0 Å². The third-order valence-corrected chi connectivity index (χ3v) is 1.72. The van der Waals surface area contributed by atoms with E-state index in [1.807, 2.05) is 0 Å². The van der Waals surface area contributed by atoms with Gasteiger partial charge in [-0.15, -0.1) is 0 Å². The second-order valence-electron chi connectivity index (χ2n) is 2.64. The van der Waals surface area contributed by atoms with Crippen LogP contribution in [0.25, 0.3) is 0 Å². The first kappa shape index (κ1) is 8.17. The van der Waals surface area contributed by atoms with E-state index in [-0.39, 0.29) is 11.8 Å². The zero-order chi connectivity index (χ0) is 8.43. The summed E-state index contributed by atoms with van der Waals surface area (Å²) in [6.45, 7) is 2.31. The minimum absolute atomic E-state index is 0.0473. The van der Waals surface area contributed by atoms with Crippen molar-refractivity contribution in [3.63, 3.8) is 0 Å². The molecule has 0 aromatic carbocycles. The number of likely N-dealkylation sites (tertiary alicyclic amines) is 1. The molecule has 1 aliphatic heterocycles. The van der Waals surface area contributed by atoms with Crippen LogP contribution >= 0.6 is 0 Å². The lowest BCUT2D eigenvalue weighted by molar-refractivity contribution is -0.133. The lowest BCUT2D eigenvalue weighted by atomic mass is 10.0. The van der Waals surface area contributed by atoms with E-state index < -0.39 is 6.08 Å². The number of carbonyl (C=O) groups is 1. The summed E-state index contributed by atoms with van der Waals surface area (Å²) >= 11 is 0. The molecule has 0 aromatic rings. The van der Waals surface area contributed by atoms with Gasteiger partial charge >= 0.3 is 0 Å². The van der Waals surface area contributed by atoms with Crippen molar-refractivity contribution in [2.24, 2.45) is 5.92 Å². The largest absolute Gasteiger partial charge is 0.342 e. The summed E-state index contributed by atoms with van der Waals surface area (Å²) in [4.78, 5) is 12.1. The minimum atomic E-state index is -1.65. The van der Waals surface area contributed by atoms with E-state index >= 15 is 0 Å². The average Bonchev–Trinajstić information content (AvgIpc) is 1.75. The molecule has 0 bridgehead atoms. The van der Waals surface area contributed by atoms with Gasteiger partial charge in [-0.1, -0.05) is 0 Å². The van der Waals surface area contributed by atoms with Crippen molar-refractivity contribution in [3.05, 3.63) is 12.2 Å². The third-order valence-electron chi connectivity index (χ3n) is 1.72. The lowest BCUT2D eigenvalue weighted by Crippen LogP contribution is -2.48. The van der Waals surface area contributed by atoms with Crippen molar-refractivity contribution in [1.29, 1.82) is 0 Å². The maximum atomic E-state index is 11.6. The summed E-state index contributed by atoms with van der Waals surface area (Å²) in [5, 5.41) is 0. The lowest BCUT2D eigenvalue weighted by Gasteiger charge is -2.36. The number of nitrogens with zero attached hydrogens (tertiary/aromatic N) is 1. The predicted molar refractivity (Wildman–Crippen MR) is 36.0 cm³/mol. The third kappa shape index (κ3) is 2.00. The van der Waals surface area contributed by atoms with Gasteiger partial charge < -0.3 is 4.90 Å². The molecule has 0 aliphatic carbocycles. The number of hydrogen-bond donors (Lipinski definition) is 0. The molecule has 62 valence electrons. The summed E-state index contributed by atoms with van der Waals surface area (Å²) < 4.78 is 23.2. The van der Waals surface area contributed by atoms with E-state index in [2.05, 4.69) is 0 Å². The van der Waals surface area contributed by atoms with Gasteiger partial charge in [0.15, 0.2) is 0 Å². The Balaban J connectivity index is 2.30. The van der Waals surface area contributed by atoms with Gasteiger partial charge in [-0.05, 0) is 6.08 Å². The molecule has 1 heterocycles. The van der Waals surface area contributed by atoms with Gasteiger partial charge in [0.2, 0.25) is 5.91 Å². The molecular formula is C7H9F2NO. The zero-order valence-electron chi connectivity index (χ0n) is 6.18. The Hall–Kier alpha value is -0.930. The maximum absolute atomic E-state index is 11.6. The first-order chi connectivity index (χ1) is 5.09. The van der Waals surface area contributed by atoms with Crippen LogP contribution in [0, 0.1) is 5.92 Å². The van der Waals surface area contributed by atoms with Crippen molar-refractivity contribution in [2.75, 3.05) is 13.1 Å². The van der Waals surface area contributed by atoms with Crippen LogP contribution in [0.5, 0.6) is 0 Å². The van der Waals surface area contributed by atoms with Gasteiger partial charge in [0.1, 0.15) is 0 Å². The fourth-order valence-corrected chi connectivity index (χ4v) is 1.05. The van der Waals surface area contributed by atoms with Gasteiger partial charge in [-0.2, -0.15) is 8.78 Å². The summed E-state index contributed by atoms with van der Waals surface area (Å²) in [5.41, 5.74) is 0. The normalized spacial score (nSPS) is 17.5. The Bertz CT molecular complexity index is 193. The van der Waals surface area contributed by atoms with E-state index in [4.69, 9.17) is 0 Å². The molecule has 2 nitrogen and oxygen atoms in total. The first-order valence-electron chi connectivity index (χ1n) is 3.38. The summed E-state index contributed by atoms with van der Waals surface area (Å²) in [7, 11) is 0. The summed E-state index contributed by atoms with van der Waals surface area (Å²) in [5.74, 6) is -0.183. The number of halogens is 2. The number of rotatable bonds is 1. The molecule has 1 fully saturated rings. The molecule has 0 atom stereocenters. The standard InChI is InChI=1S/C7H9F2NO/c1-5(11)10-3-6(4-10)2-7(8)9/h2,6H,3-4H2,1H3. The predicted octanol–water partition coefficient (Wildman–Crippen LogP) is 1.25. The van der Waals surface area contributed by atoms with Crippen molar-refractivity contribution < 1.29 is 13.6 Å². The van der Waals surface area contributed by atoms with E-state index in [0.29, 0.717) is 13.1 Å². The smallest absolute Gasteiger partial charge is 0.266 e. The van der Waals surface area contributed by atoms with Crippen LogP contribution < -0.4 is 0 Å². The Labute approximate surface area is 63.5 Å². The molecule has 1 aliphatic rings. The van der Waals surface area contributed by atoms with Crippen LogP contribution in [-0.4, -0.2) is 23.9 Å². The minimum Gasteiger partial charge on any atom is -0.342 e. The summed E-state index contributed by atoms with van der Waals surface area (Å²) in [6, 6.07) is 0. The monoisotopic (exact) mass is 161 g/mol. The van der Waals surface area contributed by atoms with Crippen molar-refractivity contribution in [2.45, 2.75) is 6.92 Å². The second kappa shape index (κ2) is 2.98. The molecule has 1 saturated heterocycles. The highest BCUT2D eigenvalue weighted by Crippen LogP contribution is 2.18. The SMILES string of the molecule is CC(=O)N1CC(C=C(F)F)C1. The number of carbonyl (C=O) groups excluding carboxylic acids is 1. The van der Waals surface area contributed by atoms with Crippen molar-refractivity contribution in [3.8, 4) is 0 Å². The van der Waals surface area contributed by atoms with E-state index in [9.17, 15) is 13.6 Å². The van der Waals surface area contributed by atoms with E-state index in [0.717, 1.165) is 6.08 Å². The Morgan fingerprint density at radius 3 is 2.45 bits per heavy atom. The van der Waals surface area contributed by atoms with Crippen molar-refractivity contribution in [1.82, 2.24) is 4.90 Å². The highest BCUT2D eigenvalue weighted by Gasteiger charge is 2.27. The Morgan fingerprint density at radius 2 is 2.09 bits per heavy atom. The van der Waals surface area contributed by atoms with Crippen molar-refractivity contribution >= 4 is 5.91 Å². The molecule has 1 rings (SSSR count). The highest BCUT2D eigenvalue weighted by molar-refractivity contribution is 5.74. The molecule has 4 heteroatoms. The van der Waals surface area contributed by atoms with Gasteiger partial charge in [0.25, 0.3) is 6.08 Å². The maximum Gasteiger partial charge on any atom is 0.266 e. The first-order valence-corrected chi connectivity index (χ1v) is 3.38.